The molecule has 0 unspecified atom stereocenters. The molecule has 1 saturated heterocycles. The summed E-state index contributed by atoms with van der Waals surface area (Å²) in [5, 5.41) is 0. The van der Waals surface area contributed by atoms with E-state index in [1.807, 2.05) is 33.9 Å². The molecule has 0 atom stereocenters. The number of aromatic nitrogens is 2. The van der Waals surface area contributed by atoms with Crippen molar-refractivity contribution in [3.05, 3.63) is 53.9 Å². The van der Waals surface area contributed by atoms with Gasteiger partial charge in [0.05, 0.1) is 23.0 Å². The summed E-state index contributed by atoms with van der Waals surface area (Å²) >= 11 is 0. The number of hydrogen-bond acceptors (Lipinski definition) is 4. The third kappa shape index (κ3) is 5.44. The van der Waals surface area contributed by atoms with Crippen molar-refractivity contribution in [3.63, 3.8) is 0 Å². The van der Waals surface area contributed by atoms with Crippen LogP contribution in [-0.2, 0) is 0 Å². The van der Waals surface area contributed by atoms with Gasteiger partial charge in [0.2, 0.25) is 0 Å². The molecule has 1 aromatic carbocycles. The predicted octanol–water partition coefficient (Wildman–Crippen LogP) is 6.02. The van der Waals surface area contributed by atoms with E-state index in [-0.39, 0.29) is 11.9 Å². The van der Waals surface area contributed by atoms with Crippen LogP contribution in [0.15, 0.2) is 36.7 Å². The summed E-state index contributed by atoms with van der Waals surface area (Å²) in [6, 6.07) is 6.79. The summed E-state index contributed by atoms with van der Waals surface area (Å²) in [6.07, 6.45) is 11.0. The van der Waals surface area contributed by atoms with Crippen LogP contribution < -0.4 is 4.90 Å². The predicted molar refractivity (Wildman–Crippen MR) is 152 cm³/mol. The lowest BCUT2D eigenvalue weighted by Gasteiger charge is -2.38. The molecule has 7 heteroatoms. The first kappa shape index (κ1) is 26.7. The maximum atomic E-state index is 14.5. The second-order valence-electron chi connectivity index (χ2n) is 11.3. The second-order valence-corrected chi connectivity index (χ2v) is 11.3. The number of carbonyl (C=O) groups is 1. The summed E-state index contributed by atoms with van der Waals surface area (Å²) in [7, 11) is 0. The fourth-order valence-electron chi connectivity index (χ4n) is 6.35. The van der Waals surface area contributed by atoms with Crippen LogP contribution >= 0.6 is 0 Å². The summed E-state index contributed by atoms with van der Waals surface area (Å²) in [6.45, 7) is 13.8. The minimum Gasteiger partial charge on any atom is -0.368 e. The van der Waals surface area contributed by atoms with E-state index in [1.54, 1.807) is 11.0 Å². The van der Waals surface area contributed by atoms with Gasteiger partial charge in [0, 0.05) is 57.1 Å². The summed E-state index contributed by atoms with van der Waals surface area (Å²) in [5.41, 5.74) is 4.10. The van der Waals surface area contributed by atoms with Crippen LogP contribution in [-0.4, -0.2) is 70.4 Å². The molecule has 0 radical (unpaired) electrons. The average molecular weight is 520 g/mol. The fraction of sp³-hybridized carbons (Fsp3) is 0.548. The zero-order chi connectivity index (χ0) is 26.8. The Morgan fingerprint density at radius 3 is 2.50 bits per heavy atom. The minimum atomic E-state index is -0.400. The second kappa shape index (κ2) is 11.4. The number of carbonyl (C=O) groups excluding carboxylic acids is 1. The third-order valence-corrected chi connectivity index (χ3v) is 8.52. The molecule has 204 valence electrons. The highest BCUT2D eigenvalue weighted by molar-refractivity contribution is 6.03. The zero-order valence-electron chi connectivity index (χ0n) is 23.4. The number of fused-ring (bicyclic) bond motifs is 1. The Bertz CT molecular complexity index is 1270. The standard InChI is InChI=1S/C31H42FN5O/c1-5-36(22(2)3)31(38)29-17-25(32)11-12-27(29)28-18-26(21-37-23(4)33-19-30(28)37)35-15-13-34(14-16-35)20-24-9-7-6-8-10-24/h11-12,17-19,21-22,24H,5-10,13-16,20H2,1-4H3. The summed E-state index contributed by atoms with van der Waals surface area (Å²) in [5.74, 6) is 1.21. The van der Waals surface area contributed by atoms with E-state index in [1.165, 1.54) is 50.8 Å². The maximum Gasteiger partial charge on any atom is 0.254 e. The van der Waals surface area contributed by atoms with Gasteiger partial charge in [-0.2, -0.15) is 0 Å². The van der Waals surface area contributed by atoms with Gasteiger partial charge >= 0.3 is 0 Å². The number of benzene rings is 1. The Hall–Kier alpha value is -2.93. The maximum absolute atomic E-state index is 14.5. The molecular formula is C31H42FN5O. The molecule has 1 saturated carbocycles. The molecule has 3 aromatic rings. The van der Waals surface area contributed by atoms with E-state index in [0.29, 0.717) is 12.1 Å². The van der Waals surface area contributed by atoms with Gasteiger partial charge in [0.1, 0.15) is 11.6 Å². The van der Waals surface area contributed by atoms with Crippen LogP contribution in [0.2, 0.25) is 0 Å². The van der Waals surface area contributed by atoms with E-state index in [0.717, 1.165) is 60.3 Å². The van der Waals surface area contributed by atoms with Crippen LogP contribution in [0.25, 0.3) is 16.6 Å². The highest BCUT2D eigenvalue weighted by Crippen LogP contribution is 2.34. The molecule has 1 aliphatic carbocycles. The number of imidazole rings is 1. The summed E-state index contributed by atoms with van der Waals surface area (Å²) < 4.78 is 16.6. The molecule has 2 aliphatic rings. The number of rotatable bonds is 7. The lowest BCUT2D eigenvalue weighted by molar-refractivity contribution is 0.0717. The SMILES string of the molecule is CCN(C(=O)c1cc(F)ccc1-c1cc(N2CCN(CC3CCCCC3)CC2)cn2c(C)ncc12)C(C)C. The van der Waals surface area contributed by atoms with Crippen molar-refractivity contribution in [3.8, 4) is 11.1 Å². The smallest absolute Gasteiger partial charge is 0.254 e. The monoisotopic (exact) mass is 519 g/mol. The van der Waals surface area contributed by atoms with Crippen LogP contribution in [0.3, 0.4) is 0 Å². The Balaban J connectivity index is 1.47. The van der Waals surface area contributed by atoms with E-state index < -0.39 is 5.82 Å². The minimum absolute atomic E-state index is 0.0251. The van der Waals surface area contributed by atoms with Gasteiger partial charge in [-0.3, -0.25) is 9.69 Å². The molecule has 1 amide bonds. The Labute approximate surface area is 226 Å². The molecular weight excluding hydrogens is 477 g/mol. The summed E-state index contributed by atoms with van der Waals surface area (Å²) in [4.78, 5) is 25.1. The number of piperazine rings is 1. The molecule has 3 heterocycles. The van der Waals surface area contributed by atoms with Crippen LogP contribution in [0.1, 0.15) is 69.1 Å². The molecule has 38 heavy (non-hydrogen) atoms. The molecule has 2 fully saturated rings. The quantitative estimate of drug-likeness (QED) is 0.383. The molecule has 5 rings (SSSR count). The topological polar surface area (TPSA) is 44.1 Å². The molecule has 0 spiro atoms. The first-order chi connectivity index (χ1) is 18.4. The van der Waals surface area contributed by atoms with Gasteiger partial charge in [0.15, 0.2) is 0 Å². The van der Waals surface area contributed by atoms with Gasteiger partial charge < -0.3 is 14.2 Å². The largest absolute Gasteiger partial charge is 0.368 e. The van der Waals surface area contributed by atoms with Crippen molar-refractivity contribution in [1.29, 1.82) is 0 Å². The highest BCUT2D eigenvalue weighted by Gasteiger charge is 2.25. The first-order valence-electron chi connectivity index (χ1n) is 14.4. The van der Waals surface area contributed by atoms with Crippen LogP contribution in [0.4, 0.5) is 10.1 Å². The van der Waals surface area contributed by atoms with Crippen molar-refractivity contribution < 1.29 is 9.18 Å². The van der Waals surface area contributed by atoms with Gasteiger partial charge in [-0.1, -0.05) is 25.3 Å². The van der Waals surface area contributed by atoms with Crippen LogP contribution in [0.5, 0.6) is 0 Å². The number of nitrogens with zero attached hydrogens (tertiary/aromatic N) is 5. The molecule has 0 N–H and O–H groups in total. The van der Waals surface area contributed by atoms with Crippen molar-refractivity contribution in [2.45, 2.75) is 65.8 Å². The number of hydrogen-bond donors (Lipinski definition) is 0. The van der Waals surface area contributed by atoms with Crippen molar-refractivity contribution in [2.75, 3.05) is 44.2 Å². The Morgan fingerprint density at radius 2 is 1.82 bits per heavy atom. The van der Waals surface area contributed by atoms with E-state index in [2.05, 4.69) is 31.4 Å². The number of pyridine rings is 1. The van der Waals surface area contributed by atoms with Gasteiger partial charge in [-0.15, -0.1) is 0 Å². The number of anilines is 1. The normalized spacial score (nSPS) is 17.5. The average Bonchev–Trinajstić information content (AvgIpc) is 3.30. The fourth-order valence-corrected chi connectivity index (χ4v) is 6.35. The number of halogens is 1. The lowest BCUT2D eigenvalue weighted by atomic mass is 9.89. The van der Waals surface area contributed by atoms with Crippen molar-refractivity contribution in [2.24, 2.45) is 5.92 Å². The van der Waals surface area contributed by atoms with Crippen LogP contribution in [0, 0.1) is 18.7 Å². The third-order valence-electron chi connectivity index (χ3n) is 8.52. The van der Waals surface area contributed by atoms with E-state index in [9.17, 15) is 9.18 Å². The van der Waals surface area contributed by atoms with E-state index >= 15 is 0 Å². The van der Waals surface area contributed by atoms with E-state index in [4.69, 9.17) is 0 Å². The van der Waals surface area contributed by atoms with Gasteiger partial charge in [-0.25, -0.2) is 9.37 Å². The highest BCUT2D eigenvalue weighted by atomic mass is 19.1. The van der Waals surface area contributed by atoms with Crippen molar-refractivity contribution in [1.82, 2.24) is 19.2 Å². The zero-order valence-corrected chi connectivity index (χ0v) is 23.4. The molecule has 1 aliphatic heterocycles. The number of aryl methyl sites for hydroxylation is 1. The Morgan fingerprint density at radius 1 is 1.08 bits per heavy atom. The molecule has 6 nitrogen and oxygen atoms in total. The molecule has 0 bridgehead atoms. The Kier molecular flexibility index (Phi) is 8.03. The van der Waals surface area contributed by atoms with Crippen molar-refractivity contribution >= 4 is 17.1 Å². The first-order valence-corrected chi connectivity index (χ1v) is 14.4. The number of amides is 1. The lowest BCUT2D eigenvalue weighted by Crippen LogP contribution is -2.48. The van der Waals surface area contributed by atoms with Gasteiger partial charge in [-0.05, 0) is 70.2 Å². The molecule has 2 aromatic heterocycles. The van der Waals surface area contributed by atoms with Gasteiger partial charge in [0.25, 0.3) is 5.91 Å².